The Balaban J connectivity index is 0.00000280. The number of nitrogens with zero attached hydrogens (tertiary/aromatic N) is 4. The van der Waals surface area contributed by atoms with E-state index in [0.717, 1.165) is 51.5 Å². The maximum atomic E-state index is 12.2. The number of hydrogen-bond donors (Lipinski definition) is 2. The van der Waals surface area contributed by atoms with Gasteiger partial charge in [-0.05, 0) is 26.2 Å². The van der Waals surface area contributed by atoms with Gasteiger partial charge >= 0.3 is 0 Å². The minimum absolute atomic E-state index is 0. The number of aliphatic imine (C=N–C) groups is 1. The predicted molar refractivity (Wildman–Crippen MR) is 125 cm³/mol. The maximum Gasteiger partial charge on any atom is 0.214 e. The molecule has 0 amide bonds. The molecule has 0 aromatic carbocycles. The Morgan fingerprint density at radius 1 is 1.07 bits per heavy atom. The van der Waals surface area contributed by atoms with Gasteiger partial charge in [0.2, 0.25) is 10.0 Å². The highest BCUT2D eigenvalue weighted by atomic mass is 127. The predicted octanol–water partition coefficient (Wildman–Crippen LogP) is 0.364. The van der Waals surface area contributed by atoms with Crippen molar-refractivity contribution >= 4 is 40.0 Å². The molecule has 0 radical (unpaired) electrons. The number of piperazine rings is 3. The van der Waals surface area contributed by atoms with Crippen LogP contribution in [-0.2, 0) is 10.0 Å². The number of sulfonamides is 1. The number of halogens is 1. The maximum absolute atomic E-state index is 12.2. The lowest BCUT2D eigenvalue weighted by molar-refractivity contribution is 0.0174. The molecule has 1 unspecified atom stereocenters. The molecule has 4 rings (SSSR count). The van der Waals surface area contributed by atoms with Crippen LogP contribution in [0, 0.1) is 0 Å². The van der Waals surface area contributed by atoms with Crippen LogP contribution >= 0.6 is 24.0 Å². The molecular formula is C18H37IN6O2S. The van der Waals surface area contributed by atoms with E-state index < -0.39 is 10.0 Å². The van der Waals surface area contributed by atoms with E-state index in [1.165, 1.54) is 13.1 Å². The van der Waals surface area contributed by atoms with Gasteiger partial charge in [0, 0.05) is 64.4 Å². The van der Waals surface area contributed by atoms with E-state index in [-0.39, 0.29) is 35.8 Å². The van der Waals surface area contributed by atoms with Crippen molar-refractivity contribution in [1.29, 1.82) is 0 Å². The van der Waals surface area contributed by atoms with E-state index in [9.17, 15) is 8.42 Å². The second-order valence-corrected chi connectivity index (χ2v) is 9.93. The van der Waals surface area contributed by atoms with Crippen LogP contribution in [0.3, 0.4) is 0 Å². The summed E-state index contributed by atoms with van der Waals surface area (Å²) in [6.07, 6.45) is 2.33. The fourth-order valence-corrected chi connectivity index (χ4v) is 5.81. The highest BCUT2D eigenvalue weighted by Crippen LogP contribution is 2.17. The Kier molecular flexibility index (Phi) is 9.71. The number of nitrogens with one attached hydrogen (secondary N) is 2. The van der Waals surface area contributed by atoms with Gasteiger partial charge in [0.05, 0.1) is 12.3 Å². The summed E-state index contributed by atoms with van der Waals surface area (Å²) in [6.45, 7) is 12.7. The largest absolute Gasteiger partial charge is 0.357 e. The van der Waals surface area contributed by atoms with Crippen molar-refractivity contribution in [3.63, 3.8) is 0 Å². The van der Waals surface area contributed by atoms with E-state index in [1.807, 2.05) is 6.92 Å². The Morgan fingerprint density at radius 3 is 2.29 bits per heavy atom. The van der Waals surface area contributed by atoms with Crippen LogP contribution in [0.5, 0.6) is 0 Å². The molecule has 8 nitrogen and oxygen atoms in total. The van der Waals surface area contributed by atoms with Crippen LogP contribution in [0.15, 0.2) is 4.99 Å². The van der Waals surface area contributed by atoms with Crippen molar-refractivity contribution in [3.8, 4) is 0 Å². The van der Waals surface area contributed by atoms with Crippen LogP contribution in [0.1, 0.15) is 33.1 Å². The number of fused-ring (bicyclic) bond motifs is 3. The first-order chi connectivity index (χ1) is 13.0. The zero-order valence-corrected chi connectivity index (χ0v) is 20.4. The number of guanidine groups is 1. The molecule has 0 aliphatic carbocycles. The SMILES string of the molecule is CCCS(=O)(=O)N1CCC(NC(=NCC2CN3CCN2CC3)NCC)CC1.I. The van der Waals surface area contributed by atoms with E-state index in [0.29, 0.717) is 25.6 Å². The summed E-state index contributed by atoms with van der Waals surface area (Å²) in [6, 6.07) is 0.798. The van der Waals surface area contributed by atoms with Gasteiger partial charge in [-0.2, -0.15) is 0 Å². The average molecular weight is 529 g/mol. The van der Waals surface area contributed by atoms with E-state index in [2.05, 4.69) is 27.4 Å². The summed E-state index contributed by atoms with van der Waals surface area (Å²) in [4.78, 5) is 9.94. The number of rotatable bonds is 7. The molecule has 28 heavy (non-hydrogen) atoms. The van der Waals surface area contributed by atoms with Gasteiger partial charge in [-0.3, -0.25) is 14.8 Å². The average Bonchev–Trinajstić information content (AvgIpc) is 2.68. The van der Waals surface area contributed by atoms with Crippen LogP contribution in [0.4, 0.5) is 0 Å². The van der Waals surface area contributed by atoms with Crippen molar-refractivity contribution in [3.05, 3.63) is 0 Å². The molecule has 4 aliphatic rings. The van der Waals surface area contributed by atoms with Crippen LogP contribution < -0.4 is 10.6 Å². The first-order valence-electron chi connectivity index (χ1n) is 10.5. The van der Waals surface area contributed by atoms with Gasteiger partial charge in [0.25, 0.3) is 0 Å². The van der Waals surface area contributed by atoms with Gasteiger partial charge in [0.15, 0.2) is 5.96 Å². The van der Waals surface area contributed by atoms with E-state index >= 15 is 0 Å². The van der Waals surface area contributed by atoms with E-state index in [4.69, 9.17) is 4.99 Å². The van der Waals surface area contributed by atoms with Gasteiger partial charge in [-0.15, -0.1) is 24.0 Å². The lowest BCUT2D eigenvalue weighted by Gasteiger charge is -2.47. The summed E-state index contributed by atoms with van der Waals surface area (Å²) < 4.78 is 26.1. The standard InChI is InChI=1S/C18H36N6O2S.HI/c1-3-13-27(25,26)24-7-5-16(6-8-24)21-18(19-4-2)20-14-17-15-22-9-11-23(17)12-10-22;/h16-17H,3-15H2,1-2H3,(H2,19,20,21);1H. The zero-order chi connectivity index (χ0) is 19.3. The quantitative estimate of drug-likeness (QED) is 0.283. The minimum Gasteiger partial charge on any atom is -0.357 e. The highest BCUT2D eigenvalue weighted by molar-refractivity contribution is 14.0. The topological polar surface area (TPSA) is 80.3 Å². The van der Waals surface area contributed by atoms with Crippen molar-refractivity contribution in [2.45, 2.75) is 45.2 Å². The summed E-state index contributed by atoms with van der Waals surface area (Å²) in [5.41, 5.74) is 0. The molecule has 4 saturated heterocycles. The second-order valence-electron chi connectivity index (χ2n) is 7.84. The molecule has 0 aromatic heterocycles. The van der Waals surface area contributed by atoms with E-state index in [1.54, 1.807) is 4.31 Å². The Hall–Kier alpha value is -0.170. The van der Waals surface area contributed by atoms with Crippen molar-refractivity contribution < 1.29 is 8.42 Å². The van der Waals surface area contributed by atoms with Gasteiger partial charge in [0.1, 0.15) is 0 Å². The van der Waals surface area contributed by atoms with Crippen molar-refractivity contribution in [2.24, 2.45) is 4.99 Å². The smallest absolute Gasteiger partial charge is 0.214 e. The highest BCUT2D eigenvalue weighted by Gasteiger charge is 2.32. The first-order valence-corrected chi connectivity index (χ1v) is 12.1. The molecule has 0 spiro atoms. The Morgan fingerprint density at radius 2 is 1.75 bits per heavy atom. The molecule has 0 saturated carbocycles. The fraction of sp³-hybridized carbons (Fsp3) is 0.944. The summed E-state index contributed by atoms with van der Waals surface area (Å²) in [7, 11) is -3.08. The van der Waals surface area contributed by atoms with Crippen LogP contribution in [0.2, 0.25) is 0 Å². The van der Waals surface area contributed by atoms with Gasteiger partial charge < -0.3 is 10.6 Å². The Bertz CT molecular complexity index is 601. The molecule has 2 N–H and O–H groups in total. The summed E-state index contributed by atoms with van der Waals surface area (Å²) in [5.74, 6) is 1.12. The first kappa shape index (κ1) is 24.1. The molecule has 4 heterocycles. The lowest BCUT2D eigenvalue weighted by Crippen LogP contribution is -2.62. The fourth-order valence-electron chi connectivity index (χ4n) is 4.27. The minimum atomic E-state index is -3.08. The summed E-state index contributed by atoms with van der Waals surface area (Å²) in [5, 5.41) is 6.88. The number of piperidine rings is 1. The molecule has 1 atom stereocenters. The van der Waals surface area contributed by atoms with Crippen LogP contribution in [0.25, 0.3) is 0 Å². The third kappa shape index (κ3) is 6.41. The third-order valence-corrected chi connectivity index (χ3v) is 7.92. The van der Waals surface area contributed by atoms with Crippen LogP contribution in [-0.4, -0.2) is 105 Å². The third-order valence-electron chi connectivity index (χ3n) is 5.85. The normalized spacial score (nSPS) is 29.4. The van der Waals surface area contributed by atoms with Crippen molar-refractivity contribution in [2.75, 3.05) is 64.7 Å². The van der Waals surface area contributed by atoms with Gasteiger partial charge in [-0.25, -0.2) is 12.7 Å². The van der Waals surface area contributed by atoms with Crippen molar-refractivity contribution in [1.82, 2.24) is 24.7 Å². The molecule has 4 fully saturated rings. The molecule has 10 heteroatoms. The molecule has 2 bridgehead atoms. The zero-order valence-electron chi connectivity index (χ0n) is 17.3. The molecule has 0 aromatic rings. The lowest BCUT2D eigenvalue weighted by atomic mass is 10.1. The Labute approximate surface area is 187 Å². The van der Waals surface area contributed by atoms with Gasteiger partial charge in [-0.1, -0.05) is 6.92 Å². The second kappa shape index (κ2) is 11.3. The monoisotopic (exact) mass is 528 g/mol. The molecule has 4 aliphatic heterocycles. The molecule has 164 valence electrons. The molecular weight excluding hydrogens is 491 g/mol. The number of hydrogen-bond acceptors (Lipinski definition) is 5. The summed E-state index contributed by atoms with van der Waals surface area (Å²) >= 11 is 0.